The van der Waals surface area contributed by atoms with Crippen molar-refractivity contribution in [3.05, 3.63) is 508 Å². The molecule has 0 fully saturated rings. The van der Waals surface area contributed by atoms with Crippen LogP contribution in [-0.2, 0) is 0 Å². The van der Waals surface area contributed by atoms with Gasteiger partial charge in [-0.25, -0.2) is 44.9 Å². The van der Waals surface area contributed by atoms with Gasteiger partial charge in [-0.3, -0.25) is 0 Å². The normalized spacial score (nSPS) is 12.3. The summed E-state index contributed by atoms with van der Waals surface area (Å²) in [6, 6.07) is 166. The van der Waals surface area contributed by atoms with Gasteiger partial charge in [0.25, 0.3) is 0 Å². The third-order valence-corrected chi connectivity index (χ3v) is 31.9. The van der Waals surface area contributed by atoms with E-state index in [0.717, 1.165) is 89.4 Å². The first-order chi connectivity index (χ1) is 74.3. The Kier molecular flexibility index (Phi) is 22.2. The molecule has 0 amide bonds. The van der Waals surface area contributed by atoms with Crippen molar-refractivity contribution in [2.45, 2.75) is 0 Å². The molecule has 30 rings (SSSR count). The van der Waals surface area contributed by atoms with E-state index in [1.807, 2.05) is 216 Å². The van der Waals surface area contributed by atoms with Crippen molar-refractivity contribution >= 4 is 179 Å². The van der Waals surface area contributed by atoms with E-state index >= 15 is 0 Å². The molecule has 0 radical (unpaired) electrons. The van der Waals surface area contributed by atoms with Crippen LogP contribution in [0.5, 0.6) is 0 Å². The van der Waals surface area contributed by atoms with Crippen LogP contribution >= 0.6 is 34.0 Å². The van der Waals surface area contributed by atoms with Crippen molar-refractivity contribution in [3.8, 4) is 136 Å². The van der Waals surface area contributed by atoms with Gasteiger partial charge in [-0.1, -0.05) is 394 Å². The monoisotopic (exact) mass is 1970 g/mol. The fourth-order valence-corrected chi connectivity index (χ4v) is 25.0. The van der Waals surface area contributed by atoms with Crippen LogP contribution in [0.4, 0.5) is 34.1 Å². The number of thiophene rings is 3. The van der Waals surface area contributed by atoms with Gasteiger partial charge in [0, 0.05) is 148 Å². The van der Waals surface area contributed by atoms with Crippen LogP contribution in [0.1, 0.15) is 16.7 Å². The smallest absolute Gasteiger partial charge is 0.164 e. The molecule has 0 saturated heterocycles. The first kappa shape index (κ1) is 88.4. The van der Waals surface area contributed by atoms with Crippen molar-refractivity contribution in [1.29, 1.82) is 0 Å². The van der Waals surface area contributed by atoms with E-state index in [1.54, 1.807) is 0 Å². The van der Waals surface area contributed by atoms with E-state index < -0.39 is 0 Å². The van der Waals surface area contributed by atoms with Crippen LogP contribution < -0.4 is 14.7 Å². The lowest BCUT2D eigenvalue weighted by Gasteiger charge is -2.27. The van der Waals surface area contributed by atoms with Crippen LogP contribution in [0.15, 0.2) is 492 Å². The Morgan fingerprint density at radius 1 is 0.160 bits per heavy atom. The molecular weight excluding hydrogens is 1890 g/mol. The summed E-state index contributed by atoms with van der Waals surface area (Å²) in [6.07, 6.45) is 13.3. The van der Waals surface area contributed by atoms with Crippen molar-refractivity contribution in [1.82, 2.24) is 44.9 Å². The van der Waals surface area contributed by atoms with E-state index in [4.69, 9.17) is 44.9 Å². The fraction of sp³-hybridized carbons (Fsp3) is 0. The summed E-state index contributed by atoms with van der Waals surface area (Å²) < 4.78 is 7.70. The third-order valence-electron chi connectivity index (χ3n) is 28.4. The predicted octanol–water partition coefficient (Wildman–Crippen LogP) is 36.5. The molecule has 0 spiro atoms. The Morgan fingerprint density at radius 2 is 0.413 bits per heavy atom. The number of rotatable bonds is 15. The van der Waals surface area contributed by atoms with Gasteiger partial charge in [0.1, 0.15) is 0 Å². The van der Waals surface area contributed by atoms with E-state index in [9.17, 15) is 0 Å². The SMILES string of the molecule is C1=CN(c2ccccc2)c2c3sc4cc(-c5ccc(-c6nc(-c7ccccc7)nc(-c7ccccc7)n6)cc5)ccc4c3cc3cccc1c23.C1=CN(c2ccccc2)c2c3sc4cc(-c5cccc(-c6nc(-c7ccccc7)nc(-c7ccccc7)n6)c5)ccc4c3cc3cccc1c23.C1=CN(c2ccccc2)c2c3sc4cccc(-c5ccc(-c6nc(-c7ccccc7)nc(-c7ccccc7)n6)cc5)c4c3cc3cccc1c23. The molecule has 0 atom stereocenters. The second-order valence-electron chi connectivity index (χ2n) is 37.5. The van der Waals surface area contributed by atoms with Crippen LogP contribution in [0.3, 0.4) is 0 Å². The van der Waals surface area contributed by atoms with E-state index in [2.05, 4.69) is 343 Å². The Morgan fingerprint density at radius 3 is 0.767 bits per heavy atom. The number of benzene rings is 21. The summed E-state index contributed by atoms with van der Waals surface area (Å²) in [5.74, 6) is 5.91. The fourth-order valence-electron chi connectivity index (χ4n) is 21.2. The van der Waals surface area contributed by atoms with Crippen molar-refractivity contribution in [2.75, 3.05) is 14.7 Å². The second kappa shape index (κ2) is 37.7. The highest BCUT2D eigenvalue weighted by Gasteiger charge is 2.30. The van der Waals surface area contributed by atoms with Gasteiger partial charge in [0.2, 0.25) is 0 Å². The molecule has 0 saturated carbocycles. The Labute approximate surface area is 876 Å². The molecular formula is C135H84N12S3. The zero-order valence-electron chi connectivity index (χ0n) is 80.6. The minimum absolute atomic E-state index is 0.651. The van der Waals surface area contributed by atoms with E-state index in [1.165, 1.54) is 138 Å². The Hall–Kier alpha value is -19.3. The summed E-state index contributed by atoms with van der Waals surface area (Å²) >= 11 is 5.62. The minimum atomic E-state index is 0.651. The highest BCUT2D eigenvalue weighted by molar-refractivity contribution is 7.27. The molecule has 3 aliphatic heterocycles. The largest absolute Gasteiger partial charge is 0.315 e. The van der Waals surface area contributed by atoms with Gasteiger partial charge < -0.3 is 14.7 Å². The second-order valence-corrected chi connectivity index (χ2v) is 40.6. The van der Waals surface area contributed by atoms with Crippen molar-refractivity contribution in [3.63, 3.8) is 0 Å². The van der Waals surface area contributed by atoms with Crippen molar-refractivity contribution in [2.24, 2.45) is 0 Å². The van der Waals surface area contributed by atoms with Gasteiger partial charge in [0.15, 0.2) is 52.4 Å². The maximum atomic E-state index is 4.97. The lowest BCUT2D eigenvalue weighted by atomic mass is 9.94. The van der Waals surface area contributed by atoms with Crippen LogP contribution in [0.2, 0.25) is 0 Å². The van der Waals surface area contributed by atoms with Crippen molar-refractivity contribution < 1.29 is 0 Å². The molecule has 150 heavy (non-hydrogen) atoms. The quantitative estimate of drug-likeness (QED) is 0.0970. The maximum Gasteiger partial charge on any atom is 0.164 e. The summed E-state index contributed by atoms with van der Waals surface area (Å²) in [7, 11) is 0. The molecule has 0 unspecified atom stereocenters. The standard InChI is InChI=1S/3C45H28N4S/c1-4-12-30(13-5-1)43-46-44(31-14-6-2-7-15-31)48-45(47-43)35-19-11-17-32(26-35)33-22-23-37-38-27-34-18-10-16-29-24-25-49(36-20-8-3-9-21-36)41(40(29)34)42(38)50-39(37)28-33;1-4-12-31(13-5-1)43-46-44(32-14-6-2-7-15-32)48-45(47-43)33-24-22-29(23-25-33)36-20-11-21-38-40(36)37-28-34-17-10-16-30-26-27-49(35-18-8-3-9-19-35)41(39(30)34)42(37)50-38;1-4-11-31(12-5-1)43-46-44(32-13-6-2-7-14-32)48-45(47-43)33-21-19-29(20-22-33)34-23-24-37-38-27-35-16-10-15-30-25-26-49(36-17-8-3-9-18-36)41(40(30)35)42(38)50-39(37)28-34/h3*1-28H. The minimum Gasteiger partial charge on any atom is -0.315 e. The summed E-state index contributed by atoms with van der Waals surface area (Å²) in [6.45, 7) is 0. The molecule has 702 valence electrons. The Balaban J connectivity index is 0.000000108. The van der Waals surface area contributed by atoms with Gasteiger partial charge in [-0.15, -0.1) is 34.0 Å². The topological polar surface area (TPSA) is 126 Å². The molecule has 21 aromatic carbocycles. The molecule has 6 aromatic heterocycles. The number of aromatic nitrogens is 9. The van der Waals surface area contributed by atoms with Crippen LogP contribution in [-0.4, -0.2) is 44.9 Å². The number of fused-ring (bicyclic) bond motifs is 12. The number of nitrogens with zero attached hydrogens (tertiary/aromatic N) is 12. The number of para-hydroxylation sites is 3. The molecule has 0 aliphatic carbocycles. The van der Waals surface area contributed by atoms with Gasteiger partial charge in [-0.05, 0) is 163 Å². The maximum absolute atomic E-state index is 4.97. The van der Waals surface area contributed by atoms with E-state index in [0.29, 0.717) is 52.4 Å². The number of anilines is 6. The number of hydrogen-bond donors (Lipinski definition) is 0. The molecule has 0 N–H and O–H groups in total. The number of hydrogen-bond acceptors (Lipinski definition) is 15. The third kappa shape index (κ3) is 16.2. The zero-order valence-corrected chi connectivity index (χ0v) is 83.0. The van der Waals surface area contributed by atoms with E-state index in [-0.39, 0.29) is 0 Å². The molecule has 0 bridgehead atoms. The molecule has 12 nitrogen and oxygen atoms in total. The first-order valence-corrected chi connectivity index (χ1v) is 52.5. The molecule has 3 aliphatic rings. The van der Waals surface area contributed by atoms with Crippen LogP contribution in [0.25, 0.3) is 247 Å². The summed E-state index contributed by atoms with van der Waals surface area (Å²) in [5.41, 5.74) is 26.6. The zero-order chi connectivity index (χ0) is 99.1. The summed E-state index contributed by atoms with van der Waals surface area (Å²) in [4.78, 5) is 51.3. The highest BCUT2D eigenvalue weighted by Crippen LogP contribution is 2.55. The summed E-state index contributed by atoms with van der Waals surface area (Å²) in [5, 5.41) is 15.4. The first-order valence-electron chi connectivity index (χ1n) is 50.1. The average Bonchev–Trinajstić information content (AvgIpc) is 1.55. The van der Waals surface area contributed by atoms with Gasteiger partial charge in [0.05, 0.1) is 31.2 Å². The van der Waals surface area contributed by atoms with Crippen LogP contribution in [0, 0.1) is 0 Å². The molecule has 27 aromatic rings. The lowest BCUT2D eigenvalue weighted by molar-refractivity contribution is 1.07. The highest BCUT2D eigenvalue weighted by atomic mass is 32.1. The molecule has 9 heterocycles. The van der Waals surface area contributed by atoms with Gasteiger partial charge >= 0.3 is 0 Å². The Bertz CT molecular complexity index is 9880. The van der Waals surface area contributed by atoms with Gasteiger partial charge in [-0.2, -0.15) is 0 Å². The lowest BCUT2D eigenvalue weighted by Crippen LogP contribution is -2.11. The predicted molar refractivity (Wildman–Crippen MR) is 629 cm³/mol. The molecule has 15 heteroatoms. The average molecular weight is 1970 g/mol.